The van der Waals surface area contributed by atoms with Crippen molar-refractivity contribution in [2.75, 3.05) is 0 Å². The fraction of sp³-hybridized carbons (Fsp3) is 0.357. The molecule has 0 aliphatic carbocycles. The van der Waals surface area contributed by atoms with Gasteiger partial charge in [0.05, 0.1) is 11.3 Å². The van der Waals surface area contributed by atoms with Crippen molar-refractivity contribution in [1.29, 1.82) is 0 Å². The molecule has 0 fully saturated rings. The zero-order valence-corrected chi connectivity index (χ0v) is 12.6. The third kappa shape index (κ3) is 5.38. The van der Waals surface area contributed by atoms with Crippen LogP contribution in [0.3, 0.4) is 0 Å². The number of nitro benzene ring substituents is 1. The number of amides is 3. The number of nitro groups is 1. The number of imide groups is 1. The van der Waals surface area contributed by atoms with Crippen molar-refractivity contribution >= 4 is 23.6 Å². The van der Waals surface area contributed by atoms with E-state index in [1.165, 1.54) is 18.2 Å². The van der Waals surface area contributed by atoms with Crippen LogP contribution in [-0.2, 0) is 20.7 Å². The molecule has 3 N–H and O–H groups in total. The van der Waals surface area contributed by atoms with Crippen LogP contribution >= 0.6 is 0 Å². The average Bonchev–Trinajstić information content (AvgIpc) is 2.43. The summed E-state index contributed by atoms with van der Waals surface area (Å²) in [5, 5.41) is 12.7. The highest BCUT2D eigenvalue weighted by Gasteiger charge is 2.28. The van der Waals surface area contributed by atoms with Crippen LogP contribution < -0.4 is 11.1 Å². The Labute approximate surface area is 131 Å². The SMILES string of the molecule is CC(C)[C@@H](OC(=O)Cc1ccccc1[N+](=O)[O-])C(=O)NC(N)=O. The molecule has 0 aromatic heterocycles. The largest absolute Gasteiger partial charge is 0.452 e. The molecular weight excluding hydrogens is 306 g/mol. The third-order valence-corrected chi connectivity index (χ3v) is 2.89. The second-order valence-corrected chi connectivity index (χ2v) is 5.07. The van der Waals surface area contributed by atoms with Crippen molar-refractivity contribution in [3.63, 3.8) is 0 Å². The molecule has 1 atom stereocenters. The Balaban J connectivity index is 2.83. The van der Waals surface area contributed by atoms with Gasteiger partial charge in [0.1, 0.15) is 0 Å². The maximum Gasteiger partial charge on any atom is 0.318 e. The van der Waals surface area contributed by atoms with Gasteiger partial charge in [-0.25, -0.2) is 4.79 Å². The Bertz CT molecular complexity index is 629. The second-order valence-electron chi connectivity index (χ2n) is 5.07. The Morgan fingerprint density at radius 2 is 1.91 bits per heavy atom. The lowest BCUT2D eigenvalue weighted by Gasteiger charge is -2.19. The van der Waals surface area contributed by atoms with Crippen molar-refractivity contribution < 1.29 is 24.0 Å². The first kappa shape index (κ1) is 18.1. The first-order chi connectivity index (χ1) is 10.7. The van der Waals surface area contributed by atoms with Crippen molar-refractivity contribution in [1.82, 2.24) is 5.32 Å². The number of nitrogens with zero attached hydrogens (tertiary/aromatic N) is 1. The molecule has 1 aromatic rings. The first-order valence-electron chi connectivity index (χ1n) is 6.74. The number of nitrogens with one attached hydrogen (secondary N) is 1. The van der Waals surface area contributed by atoms with Gasteiger partial charge in [-0.15, -0.1) is 0 Å². The summed E-state index contributed by atoms with van der Waals surface area (Å²) in [7, 11) is 0. The van der Waals surface area contributed by atoms with Crippen LogP contribution in [0.4, 0.5) is 10.5 Å². The van der Waals surface area contributed by atoms with Gasteiger partial charge in [0, 0.05) is 11.6 Å². The second kappa shape index (κ2) is 7.87. The number of para-hydroxylation sites is 1. The van der Waals surface area contributed by atoms with Crippen molar-refractivity contribution in [3.8, 4) is 0 Å². The standard InChI is InChI=1S/C14H17N3O6/c1-8(2)12(13(19)16-14(15)20)23-11(18)7-9-5-3-4-6-10(9)17(21)22/h3-6,8,12H,7H2,1-2H3,(H3,15,16,19,20)/t12-/m1/s1. The Morgan fingerprint density at radius 3 is 2.43 bits per heavy atom. The number of hydrogen-bond acceptors (Lipinski definition) is 6. The molecule has 1 rings (SSSR count). The number of esters is 1. The van der Waals surface area contributed by atoms with E-state index in [-0.39, 0.29) is 17.7 Å². The Kier molecular flexibility index (Phi) is 6.19. The number of rotatable bonds is 6. The number of benzene rings is 1. The normalized spacial score (nSPS) is 11.6. The van der Waals surface area contributed by atoms with Crippen LogP contribution in [0.2, 0.25) is 0 Å². The summed E-state index contributed by atoms with van der Waals surface area (Å²) >= 11 is 0. The van der Waals surface area contributed by atoms with Crippen LogP contribution in [0.15, 0.2) is 24.3 Å². The van der Waals surface area contributed by atoms with E-state index >= 15 is 0 Å². The molecule has 9 nitrogen and oxygen atoms in total. The lowest BCUT2D eigenvalue weighted by Crippen LogP contribution is -2.45. The van der Waals surface area contributed by atoms with Gasteiger partial charge >= 0.3 is 12.0 Å². The molecular formula is C14H17N3O6. The van der Waals surface area contributed by atoms with Crippen LogP contribution in [0.25, 0.3) is 0 Å². The number of primary amides is 1. The molecule has 0 heterocycles. The van der Waals surface area contributed by atoms with E-state index < -0.39 is 34.9 Å². The molecule has 0 aliphatic rings. The molecule has 3 amide bonds. The predicted octanol–water partition coefficient (Wildman–Crippen LogP) is 0.900. The van der Waals surface area contributed by atoms with E-state index in [2.05, 4.69) is 0 Å². The third-order valence-electron chi connectivity index (χ3n) is 2.89. The number of ether oxygens (including phenoxy) is 1. The van der Waals surface area contributed by atoms with Gasteiger partial charge in [-0.3, -0.25) is 25.0 Å². The van der Waals surface area contributed by atoms with Gasteiger partial charge < -0.3 is 10.5 Å². The maximum atomic E-state index is 12.0. The van der Waals surface area contributed by atoms with Crippen molar-refractivity contribution in [3.05, 3.63) is 39.9 Å². The predicted molar refractivity (Wildman–Crippen MR) is 79.2 cm³/mol. The molecule has 23 heavy (non-hydrogen) atoms. The van der Waals surface area contributed by atoms with Crippen LogP contribution in [-0.4, -0.2) is 28.9 Å². The van der Waals surface area contributed by atoms with Crippen molar-refractivity contribution in [2.24, 2.45) is 11.7 Å². The van der Waals surface area contributed by atoms with E-state index in [1.54, 1.807) is 19.9 Å². The van der Waals surface area contributed by atoms with Gasteiger partial charge in [0.25, 0.3) is 11.6 Å². The highest BCUT2D eigenvalue weighted by molar-refractivity contribution is 5.96. The molecule has 0 bridgehead atoms. The molecule has 0 aliphatic heterocycles. The number of hydrogen-bond donors (Lipinski definition) is 2. The van der Waals surface area contributed by atoms with Crippen LogP contribution in [0.5, 0.6) is 0 Å². The van der Waals surface area contributed by atoms with Gasteiger partial charge in [-0.05, 0) is 5.92 Å². The summed E-state index contributed by atoms with van der Waals surface area (Å²) in [5.41, 5.74) is 4.80. The first-order valence-corrected chi connectivity index (χ1v) is 6.74. The molecule has 0 saturated heterocycles. The zero-order valence-electron chi connectivity index (χ0n) is 12.6. The monoisotopic (exact) mass is 323 g/mol. The molecule has 1 aromatic carbocycles. The number of carbonyl (C=O) groups is 3. The Hall–Kier alpha value is -2.97. The van der Waals surface area contributed by atoms with E-state index in [4.69, 9.17) is 10.5 Å². The molecule has 9 heteroatoms. The highest BCUT2D eigenvalue weighted by atomic mass is 16.6. The summed E-state index contributed by atoms with van der Waals surface area (Å²) in [4.78, 5) is 44.7. The van der Waals surface area contributed by atoms with E-state index in [0.717, 1.165) is 0 Å². The Morgan fingerprint density at radius 1 is 1.30 bits per heavy atom. The lowest BCUT2D eigenvalue weighted by atomic mass is 10.1. The summed E-state index contributed by atoms with van der Waals surface area (Å²) in [6.07, 6.45) is -1.60. The lowest BCUT2D eigenvalue weighted by molar-refractivity contribution is -0.385. The number of nitrogens with two attached hydrogens (primary N) is 1. The van der Waals surface area contributed by atoms with E-state index in [0.29, 0.717) is 0 Å². The van der Waals surface area contributed by atoms with Crippen LogP contribution in [0, 0.1) is 16.0 Å². The minimum absolute atomic E-state index is 0.167. The summed E-state index contributed by atoms with van der Waals surface area (Å²) in [6, 6.07) is 4.66. The van der Waals surface area contributed by atoms with E-state index in [1.807, 2.05) is 5.32 Å². The molecule has 0 radical (unpaired) electrons. The van der Waals surface area contributed by atoms with Gasteiger partial charge in [-0.1, -0.05) is 32.0 Å². The molecule has 0 spiro atoms. The fourth-order valence-corrected chi connectivity index (χ4v) is 1.86. The number of urea groups is 1. The average molecular weight is 323 g/mol. The number of carbonyl (C=O) groups excluding carboxylic acids is 3. The quantitative estimate of drug-likeness (QED) is 0.452. The topological polar surface area (TPSA) is 142 Å². The fourth-order valence-electron chi connectivity index (χ4n) is 1.86. The maximum absolute atomic E-state index is 12.0. The van der Waals surface area contributed by atoms with Gasteiger partial charge in [0.15, 0.2) is 6.10 Å². The molecule has 124 valence electrons. The van der Waals surface area contributed by atoms with Gasteiger partial charge in [0.2, 0.25) is 0 Å². The minimum atomic E-state index is -1.22. The zero-order chi connectivity index (χ0) is 17.6. The van der Waals surface area contributed by atoms with Gasteiger partial charge in [-0.2, -0.15) is 0 Å². The summed E-state index contributed by atoms with van der Waals surface area (Å²) in [5.74, 6) is -2.08. The summed E-state index contributed by atoms with van der Waals surface area (Å²) in [6.45, 7) is 3.23. The molecule has 0 saturated carbocycles. The minimum Gasteiger partial charge on any atom is -0.452 e. The van der Waals surface area contributed by atoms with Crippen molar-refractivity contribution in [2.45, 2.75) is 26.4 Å². The van der Waals surface area contributed by atoms with Crippen LogP contribution in [0.1, 0.15) is 19.4 Å². The molecule has 0 unspecified atom stereocenters. The smallest absolute Gasteiger partial charge is 0.318 e. The summed E-state index contributed by atoms with van der Waals surface area (Å²) < 4.78 is 5.03. The highest BCUT2D eigenvalue weighted by Crippen LogP contribution is 2.19. The van der Waals surface area contributed by atoms with E-state index in [9.17, 15) is 24.5 Å².